The van der Waals surface area contributed by atoms with Crippen molar-refractivity contribution in [2.24, 2.45) is 0 Å². The number of rotatable bonds is 1. The third kappa shape index (κ3) is 1.74. The standard InChI is InChI=1S/C17H13FN2/c18-14-8-5-12(6-9-14)15-11-20-16-4-2-1-3-13(16)7-10-17(20)19-15/h1-10,15H,11H2/p+1/t15-/m0/s1. The Kier molecular flexibility index (Phi) is 2.46. The van der Waals surface area contributed by atoms with Gasteiger partial charge in [0.1, 0.15) is 17.9 Å². The molecule has 4 rings (SSSR count). The second-order valence-electron chi connectivity index (χ2n) is 5.14. The number of para-hydroxylation sites is 1. The van der Waals surface area contributed by atoms with Gasteiger partial charge in [0, 0.05) is 17.0 Å². The van der Waals surface area contributed by atoms with Crippen molar-refractivity contribution in [3.63, 3.8) is 0 Å². The number of halogens is 1. The number of nitrogens with one attached hydrogen (secondary N) is 1. The molecule has 0 radical (unpaired) electrons. The second kappa shape index (κ2) is 4.30. The molecular weight excluding hydrogens is 251 g/mol. The molecule has 1 aromatic heterocycles. The first-order valence-corrected chi connectivity index (χ1v) is 6.75. The number of hydrogen-bond donors (Lipinski definition) is 1. The van der Waals surface area contributed by atoms with Gasteiger partial charge < -0.3 is 0 Å². The topological polar surface area (TPSA) is 15.9 Å². The van der Waals surface area contributed by atoms with E-state index in [1.165, 1.54) is 23.0 Å². The van der Waals surface area contributed by atoms with E-state index >= 15 is 0 Å². The molecule has 0 unspecified atom stereocenters. The van der Waals surface area contributed by atoms with Gasteiger partial charge in [-0.2, -0.15) is 0 Å². The van der Waals surface area contributed by atoms with Gasteiger partial charge in [-0.3, -0.25) is 5.32 Å². The molecule has 0 fully saturated rings. The molecule has 0 amide bonds. The lowest BCUT2D eigenvalue weighted by molar-refractivity contribution is -0.648. The maximum atomic E-state index is 13.0. The minimum absolute atomic E-state index is 0.192. The number of pyridine rings is 1. The predicted octanol–water partition coefficient (Wildman–Crippen LogP) is 3.43. The van der Waals surface area contributed by atoms with Gasteiger partial charge in [0.15, 0.2) is 6.04 Å². The van der Waals surface area contributed by atoms with Crippen LogP contribution in [-0.2, 0) is 6.54 Å². The molecule has 2 aromatic carbocycles. The zero-order valence-electron chi connectivity index (χ0n) is 10.9. The van der Waals surface area contributed by atoms with Crippen molar-refractivity contribution in [3.05, 3.63) is 72.0 Å². The fourth-order valence-electron chi connectivity index (χ4n) is 2.88. The highest BCUT2D eigenvalue weighted by Crippen LogP contribution is 2.26. The molecule has 0 bridgehead atoms. The molecule has 98 valence electrons. The van der Waals surface area contributed by atoms with Crippen molar-refractivity contribution in [1.29, 1.82) is 0 Å². The maximum Gasteiger partial charge on any atom is 0.275 e. The van der Waals surface area contributed by atoms with Crippen LogP contribution < -0.4 is 9.88 Å². The Balaban J connectivity index is 1.76. The van der Waals surface area contributed by atoms with Crippen molar-refractivity contribution in [2.75, 3.05) is 5.32 Å². The molecule has 1 aliphatic heterocycles. The summed E-state index contributed by atoms with van der Waals surface area (Å²) in [6.07, 6.45) is 0. The molecule has 0 saturated carbocycles. The minimum atomic E-state index is -0.192. The van der Waals surface area contributed by atoms with Crippen molar-refractivity contribution in [3.8, 4) is 0 Å². The zero-order valence-corrected chi connectivity index (χ0v) is 10.9. The summed E-state index contributed by atoms with van der Waals surface area (Å²) in [5, 5.41) is 4.74. The van der Waals surface area contributed by atoms with Crippen molar-refractivity contribution in [2.45, 2.75) is 12.6 Å². The highest BCUT2D eigenvalue weighted by molar-refractivity contribution is 5.76. The Morgan fingerprint density at radius 3 is 2.60 bits per heavy atom. The zero-order chi connectivity index (χ0) is 13.5. The van der Waals surface area contributed by atoms with Crippen LogP contribution >= 0.6 is 0 Å². The molecule has 0 saturated heterocycles. The van der Waals surface area contributed by atoms with E-state index in [-0.39, 0.29) is 11.9 Å². The quantitative estimate of drug-likeness (QED) is 0.666. The van der Waals surface area contributed by atoms with Gasteiger partial charge in [-0.15, -0.1) is 0 Å². The van der Waals surface area contributed by atoms with Crippen molar-refractivity contribution in [1.82, 2.24) is 0 Å². The van der Waals surface area contributed by atoms with Gasteiger partial charge in [0.25, 0.3) is 5.82 Å². The Morgan fingerprint density at radius 1 is 0.950 bits per heavy atom. The van der Waals surface area contributed by atoms with Gasteiger partial charge in [-0.25, -0.2) is 8.96 Å². The fourth-order valence-corrected chi connectivity index (χ4v) is 2.88. The van der Waals surface area contributed by atoms with E-state index in [9.17, 15) is 4.39 Å². The Morgan fingerprint density at radius 2 is 1.75 bits per heavy atom. The average molecular weight is 265 g/mol. The summed E-state index contributed by atoms with van der Waals surface area (Å²) in [5.74, 6) is 0.917. The SMILES string of the molecule is Fc1ccc([C@@H]2C[n+]3c(ccc4ccccc43)N2)cc1. The number of aromatic nitrogens is 1. The Bertz CT molecular complexity index is 781. The van der Waals surface area contributed by atoms with Crippen LogP contribution in [0.2, 0.25) is 0 Å². The average Bonchev–Trinajstić information content (AvgIpc) is 2.92. The first kappa shape index (κ1) is 11.4. The maximum absolute atomic E-state index is 13.0. The molecule has 1 N–H and O–H groups in total. The van der Waals surface area contributed by atoms with Crippen LogP contribution in [0, 0.1) is 5.82 Å². The van der Waals surface area contributed by atoms with Crippen molar-refractivity contribution < 1.29 is 8.96 Å². The predicted molar refractivity (Wildman–Crippen MR) is 76.9 cm³/mol. The third-order valence-corrected chi connectivity index (χ3v) is 3.90. The Hall–Kier alpha value is -2.42. The molecule has 2 heterocycles. The van der Waals surface area contributed by atoms with Gasteiger partial charge in [0.2, 0.25) is 0 Å². The summed E-state index contributed by atoms with van der Waals surface area (Å²) < 4.78 is 15.3. The van der Waals surface area contributed by atoms with E-state index in [0.29, 0.717) is 0 Å². The summed E-state index contributed by atoms with van der Waals surface area (Å²) in [6, 6.07) is 19.5. The first-order chi connectivity index (χ1) is 9.81. The van der Waals surface area contributed by atoms with Crippen LogP contribution in [0.5, 0.6) is 0 Å². The van der Waals surface area contributed by atoms with Gasteiger partial charge in [-0.05, 0) is 24.3 Å². The summed E-state index contributed by atoms with van der Waals surface area (Å²) >= 11 is 0. The van der Waals surface area contributed by atoms with E-state index in [1.807, 2.05) is 12.1 Å². The summed E-state index contributed by atoms with van der Waals surface area (Å²) in [7, 11) is 0. The van der Waals surface area contributed by atoms with Crippen LogP contribution in [0.15, 0.2) is 60.7 Å². The summed E-state index contributed by atoms with van der Waals surface area (Å²) in [6.45, 7) is 0.863. The molecule has 0 aliphatic carbocycles. The lowest BCUT2D eigenvalue weighted by Crippen LogP contribution is -2.32. The van der Waals surface area contributed by atoms with E-state index in [4.69, 9.17) is 0 Å². The van der Waals surface area contributed by atoms with E-state index in [1.54, 1.807) is 0 Å². The minimum Gasteiger partial charge on any atom is -0.263 e. The van der Waals surface area contributed by atoms with E-state index in [2.05, 4.69) is 46.3 Å². The Labute approximate surface area is 116 Å². The lowest BCUT2D eigenvalue weighted by Gasteiger charge is -2.04. The van der Waals surface area contributed by atoms with Crippen LogP contribution in [0.3, 0.4) is 0 Å². The van der Waals surface area contributed by atoms with E-state index < -0.39 is 0 Å². The van der Waals surface area contributed by atoms with Gasteiger partial charge in [-0.1, -0.05) is 30.3 Å². The van der Waals surface area contributed by atoms with Crippen LogP contribution in [0.1, 0.15) is 11.6 Å². The van der Waals surface area contributed by atoms with Crippen LogP contribution in [-0.4, -0.2) is 0 Å². The second-order valence-corrected chi connectivity index (χ2v) is 5.14. The molecular formula is C17H14FN2+. The van der Waals surface area contributed by atoms with Crippen LogP contribution in [0.4, 0.5) is 10.2 Å². The monoisotopic (exact) mass is 265 g/mol. The number of hydrogen-bond acceptors (Lipinski definition) is 1. The third-order valence-electron chi connectivity index (χ3n) is 3.90. The smallest absolute Gasteiger partial charge is 0.263 e. The highest BCUT2D eigenvalue weighted by atomic mass is 19.1. The number of anilines is 1. The number of nitrogens with zero attached hydrogens (tertiary/aromatic N) is 1. The molecule has 1 atom stereocenters. The molecule has 0 spiro atoms. The van der Waals surface area contributed by atoms with Crippen LogP contribution in [0.25, 0.3) is 10.9 Å². The summed E-state index contributed by atoms with van der Waals surface area (Å²) in [4.78, 5) is 0. The molecule has 3 aromatic rings. The normalized spacial score (nSPS) is 16.9. The van der Waals surface area contributed by atoms with Crippen molar-refractivity contribution >= 4 is 16.7 Å². The summed E-state index contributed by atoms with van der Waals surface area (Å²) in [5.41, 5.74) is 2.33. The van der Waals surface area contributed by atoms with E-state index in [0.717, 1.165) is 17.9 Å². The molecule has 20 heavy (non-hydrogen) atoms. The number of benzene rings is 2. The van der Waals surface area contributed by atoms with Gasteiger partial charge in [0.05, 0.1) is 0 Å². The fraction of sp³-hybridized carbons (Fsp3) is 0.118. The molecule has 3 heteroatoms. The number of fused-ring (bicyclic) bond motifs is 3. The highest BCUT2D eigenvalue weighted by Gasteiger charge is 2.30. The molecule has 2 nitrogen and oxygen atoms in total. The molecule has 1 aliphatic rings. The largest absolute Gasteiger partial charge is 0.275 e. The lowest BCUT2D eigenvalue weighted by atomic mass is 10.1. The van der Waals surface area contributed by atoms with Gasteiger partial charge >= 0.3 is 0 Å². The first-order valence-electron chi connectivity index (χ1n) is 6.75.